The molecule has 2 rings (SSSR count). The number of methoxy groups -OCH3 is 1. The van der Waals surface area contributed by atoms with E-state index in [1.54, 1.807) is 7.11 Å². The van der Waals surface area contributed by atoms with Crippen molar-refractivity contribution in [3.05, 3.63) is 24.3 Å². The predicted molar refractivity (Wildman–Crippen MR) is 88.7 cm³/mol. The van der Waals surface area contributed by atoms with Crippen LogP contribution < -0.4 is 10.6 Å². The van der Waals surface area contributed by atoms with E-state index in [4.69, 9.17) is 15.3 Å². The molecule has 0 saturated heterocycles. The van der Waals surface area contributed by atoms with Crippen LogP contribution in [0.4, 0.5) is 0 Å². The number of aromatic nitrogens is 3. The summed E-state index contributed by atoms with van der Waals surface area (Å²) in [5, 5.41) is 8.54. The van der Waals surface area contributed by atoms with Gasteiger partial charge in [0.25, 0.3) is 0 Å². The van der Waals surface area contributed by atoms with Crippen molar-refractivity contribution in [3.63, 3.8) is 0 Å². The molecule has 7 nitrogen and oxygen atoms in total. The number of esters is 1. The Balaban J connectivity index is 2.02. The fourth-order valence-electron chi connectivity index (χ4n) is 1.78. The Kier molecular flexibility index (Phi) is 5.86. The summed E-state index contributed by atoms with van der Waals surface area (Å²) >= 11 is 1.20. The standard InChI is InChI=1S/C15H20N4O3S/c1-4-10(2)22-13(20)9-23-15-18-17-14(19(15)16)11-5-7-12(21-3)8-6-11/h5-8,10H,4,9,16H2,1-3H3/t10-/m1/s1. The number of nitrogens with two attached hydrogens (primary N) is 1. The van der Waals surface area contributed by atoms with Crippen LogP contribution in [0.25, 0.3) is 11.4 Å². The zero-order chi connectivity index (χ0) is 16.8. The van der Waals surface area contributed by atoms with Crippen LogP contribution >= 0.6 is 11.8 Å². The molecule has 124 valence electrons. The third kappa shape index (κ3) is 4.38. The highest BCUT2D eigenvalue weighted by Gasteiger charge is 2.15. The van der Waals surface area contributed by atoms with Gasteiger partial charge >= 0.3 is 5.97 Å². The van der Waals surface area contributed by atoms with Crippen LogP contribution in [-0.4, -0.2) is 39.8 Å². The number of hydrogen-bond acceptors (Lipinski definition) is 7. The number of nitrogen functional groups attached to an aromatic ring is 1. The molecule has 0 fully saturated rings. The van der Waals surface area contributed by atoms with Gasteiger partial charge in [0, 0.05) is 5.56 Å². The van der Waals surface area contributed by atoms with Gasteiger partial charge in [-0.3, -0.25) is 4.79 Å². The topological polar surface area (TPSA) is 92.3 Å². The number of carbonyl (C=O) groups is 1. The first-order valence-corrected chi connectivity index (χ1v) is 8.20. The van der Waals surface area contributed by atoms with Crippen molar-refractivity contribution in [3.8, 4) is 17.1 Å². The monoisotopic (exact) mass is 336 g/mol. The normalized spacial score (nSPS) is 12.0. The van der Waals surface area contributed by atoms with Crippen LogP contribution in [0.3, 0.4) is 0 Å². The molecule has 0 bridgehead atoms. The van der Waals surface area contributed by atoms with E-state index in [2.05, 4.69) is 10.2 Å². The number of rotatable bonds is 7. The van der Waals surface area contributed by atoms with E-state index in [0.717, 1.165) is 17.7 Å². The van der Waals surface area contributed by atoms with E-state index >= 15 is 0 Å². The number of hydrogen-bond donors (Lipinski definition) is 1. The van der Waals surface area contributed by atoms with Crippen molar-refractivity contribution in [1.82, 2.24) is 14.9 Å². The highest BCUT2D eigenvalue weighted by Crippen LogP contribution is 2.23. The Morgan fingerprint density at radius 2 is 2.04 bits per heavy atom. The molecule has 0 unspecified atom stereocenters. The van der Waals surface area contributed by atoms with Crippen LogP contribution in [0.1, 0.15) is 20.3 Å². The summed E-state index contributed by atoms with van der Waals surface area (Å²) in [7, 11) is 1.60. The molecule has 8 heteroatoms. The lowest BCUT2D eigenvalue weighted by molar-refractivity contribution is -0.144. The smallest absolute Gasteiger partial charge is 0.316 e. The Hall–Kier alpha value is -2.22. The summed E-state index contributed by atoms with van der Waals surface area (Å²) < 4.78 is 11.7. The highest BCUT2D eigenvalue weighted by atomic mass is 32.2. The summed E-state index contributed by atoms with van der Waals surface area (Å²) in [6.07, 6.45) is 0.694. The van der Waals surface area contributed by atoms with Gasteiger partial charge in [0.2, 0.25) is 5.16 Å². The maximum absolute atomic E-state index is 11.7. The maximum Gasteiger partial charge on any atom is 0.316 e. The van der Waals surface area contributed by atoms with E-state index in [0.29, 0.717) is 11.0 Å². The molecule has 0 aliphatic rings. The molecule has 0 aliphatic carbocycles. The van der Waals surface area contributed by atoms with Gasteiger partial charge in [-0.25, -0.2) is 4.68 Å². The lowest BCUT2D eigenvalue weighted by atomic mass is 10.2. The number of carbonyl (C=O) groups excluding carboxylic acids is 1. The first kappa shape index (κ1) is 17.1. The van der Waals surface area contributed by atoms with Gasteiger partial charge in [-0.05, 0) is 37.6 Å². The zero-order valence-corrected chi connectivity index (χ0v) is 14.2. The number of benzene rings is 1. The molecule has 1 aromatic carbocycles. The SMILES string of the molecule is CC[C@@H](C)OC(=O)CSc1nnc(-c2ccc(OC)cc2)n1N. The first-order chi connectivity index (χ1) is 11.0. The van der Waals surface area contributed by atoms with E-state index in [-0.39, 0.29) is 17.8 Å². The summed E-state index contributed by atoms with van der Waals surface area (Å²) in [6, 6.07) is 7.33. The molecular weight excluding hydrogens is 316 g/mol. The maximum atomic E-state index is 11.7. The second-order valence-corrected chi connectivity index (χ2v) is 5.84. The minimum absolute atomic E-state index is 0.0892. The van der Waals surface area contributed by atoms with Crippen molar-refractivity contribution >= 4 is 17.7 Å². The molecule has 2 N–H and O–H groups in total. The largest absolute Gasteiger partial charge is 0.497 e. The Labute approximate surface area is 139 Å². The lowest BCUT2D eigenvalue weighted by Crippen LogP contribution is -2.17. The Morgan fingerprint density at radius 1 is 1.35 bits per heavy atom. The summed E-state index contributed by atoms with van der Waals surface area (Å²) in [6.45, 7) is 3.82. The summed E-state index contributed by atoms with van der Waals surface area (Å²) in [5.74, 6) is 7.12. The Bertz CT molecular complexity index is 657. The first-order valence-electron chi connectivity index (χ1n) is 7.22. The fraction of sp³-hybridized carbons (Fsp3) is 0.400. The molecule has 1 heterocycles. The average Bonchev–Trinajstić information content (AvgIpc) is 2.93. The molecule has 0 radical (unpaired) electrons. The summed E-state index contributed by atoms with van der Waals surface area (Å²) in [5.41, 5.74) is 0.815. The van der Waals surface area contributed by atoms with Crippen LogP contribution in [0.2, 0.25) is 0 Å². The Morgan fingerprint density at radius 3 is 2.65 bits per heavy atom. The van der Waals surface area contributed by atoms with Crippen LogP contribution in [0.15, 0.2) is 29.4 Å². The third-order valence-corrected chi connectivity index (χ3v) is 4.16. The van der Waals surface area contributed by atoms with Gasteiger partial charge < -0.3 is 15.3 Å². The molecule has 1 aromatic heterocycles. The second kappa shape index (κ2) is 7.87. The van der Waals surface area contributed by atoms with E-state index in [9.17, 15) is 4.79 Å². The van der Waals surface area contributed by atoms with Gasteiger partial charge in [-0.1, -0.05) is 18.7 Å². The van der Waals surface area contributed by atoms with E-state index in [1.165, 1.54) is 16.4 Å². The molecular formula is C15H20N4O3S. The van der Waals surface area contributed by atoms with Crippen LogP contribution in [0.5, 0.6) is 5.75 Å². The molecule has 0 spiro atoms. The minimum atomic E-state index is -0.293. The number of thioether (sulfide) groups is 1. The van der Waals surface area contributed by atoms with Gasteiger partial charge in [0.1, 0.15) is 5.75 Å². The van der Waals surface area contributed by atoms with E-state index in [1.807, 2.05) is 38.1 Å². The number of nitrogens with zero attached hydrogens (tertiary/aromatic N) is 3. The zero-order valence-electron chi connectivity index (χ0n) is 13.4. The van der Waals surface area contributed by atoms with Crippen LogP contribution in [-0.2, 0) is 9.53 Å². The van der Waals surface area contributed by atoms with Crippen molar-refractivity contribution < 1.29 is 14.3 Å². The molecule has 0 amide bonds. The van der Waals surface area contributed by atoms with Crippen molar-refractivity contribution in [2.24, 2.45) is 0 Å². The van der Waals surface area contributed by atoms with Gasteiger partial charge in [-0.15, -0.1) is 10.2 Å². The summed E-state index contributed by atoms with van der Waals surface area (Å²) in [4.78, 5) is 11.7. The van der Waals surface area contributed by atoms with Crippen molar-refractivity contribution in [2.45, 2.75) is 31.5 Å². The molecule has 23 heavy (non-hydrogen) atoms. The molecule has 0 aliphatic heterocycles. The fourth-order valence-corrected chi connectivity index (χ4v) is 2.42. The molecule has 1 atom stereocenters. The van der Waals surface area contributed by atoms with Gasteiger partial charge in [-0.2, -0.15) is 0 Å². The van der Waals surface area contributed by atoms with Gasteiger partial charge in [0.05, 0.1) is 19.0 Å². The van der Waals surface area contributed by atoms with Crippen molar-refractivity contribution in [1.29, 1.82) is 0 Å². The average molecular weight is 336 g/mol. The predicted octanol–water partition coefficient (Wildman–Crippen LogP) is 2.10. The lowest BCUT2D eigenvalue weighted by Gasteiger charge is -2.10. The minimum Gasteiger partial charge on any atom is -0.497 e. The van der Waals surface area contributed by atoms with Crippen molar-refractivity contribution in [2.75, 3.05) is 18.7 Å². The van der Waals surface area contributed by atoms with Crippen LogP contribution in [0, 0.1) is 0 Å². The second-order valence-electron chi connectivity index (χ2n) is 4.90. The molecule has 2 aromatic rings. The quantitative estimate of drug-likeness (QED) is 0.470. The number of ether oxygens (including phenoxy) is 2. The molecule has 0 saturated carbocycles. The highest BCUT2D eigenvalue weighted by molar-refractivity contribution is 7.99. The third-order valence-electron chi connectivity index (χ3n) is 3.24. The van der Waals surface area contributed by atoms with Gasteiger partial charge in [0.15, 0.2) is 5.82 Å². The van der Waals surface area contributed by atoms with E-state index < -0.39 is 0 Å².